The number of amides is 1. The van der Waals surface area contributed by atoms with Gasteiger partial charge < -0.3 is 19.9 Å². The standard InChI is InChI=1S/C16H22N2O5/c19-15(20)14(6-7-18-8-10-22-11-9-18)17-16(21)23-12-13-4-2-1-3-5-13/h1-5,14H,6-12H2,(H,17,21)(H,19,20). The Kier molecular flexibility index (Phi) is 6.83. The summed E-state index contributed by atoms with van der Waals surface area (Å²) in [6.45, 7) is 3.59. The Bertz CT molecular complexity index is 502. The summed E-state index contributed by atoms with van der Waals surface area (Å²) in [4.78, 5) is 25.1. The SMILES string of the molecule is O=C(NC(CCN1CCOCC1)C(=O)O)OCc1ccccc1. The molecule has 0 spiro atoms. The van der Waals surface area contributed by atoms with E-state index in [-0.39, 0.29) is 6.61 Å². The third-order valence-electron chi connectivity index (χ3n) is 3.64. The molecular formula is C16H22N2O5. The minimum atomic E-state index is -1.06. The zero-order chi connectivity index (χ0) is 16.5. The number of carbonyl (C=O) groups excluding carboxylic acids is 1. The van der Waals surface area contributed by atoms with E-state index in [1.807, 2.05) is 30.3 Å². The van der Waals surface area contributed by atoms with E-state index in [1.54, 1.807) is 0 Å². The molecule has 0 saturated carbocycles. The minimum Gasteiger partial charge on any atom is -0.480 e. The first kappa shape index (κ1) is 17.2. The zero-order valence-corrected chi connectivity index (χ0v) is 12.9. The third kappa shape index (κ3) is 6.25. The van der Waals surface area contributed by atoms with E-state index in [2.05, 4.69) is 10.2 Å². The van der Waals surface area contributed by atoms with Gasteiger partial charge in [-0.25, -0.2) is 9.59 Å². The van der Waals surface area contributed by atoms with Crippen molar-refractivity contribution in [2.45, 2.75) is 19.1 Å². The van der Waals surface area contributed by atoms with Crippen LogP contribution in [0.2, 0.25) is 0 Å². The topological polar surface area (TPSA) is 88.1 Å². The van der Waals surface area contributed by atoms with Crippen molar-refractivity contribution in [1.29, 1.82) is 0 Å². The van der Waals surface area contributed by atoms with Gasteiger partial charge in [0.2, 0.25) is 0 Å². The smallest absolute Gasteiger partial charge is 0.408 e. The Hall–Kier alpha value is -2.12. The average Bonchev–Trinajstić information content (AvgIpc) is 2.58. The summed E-state index contributed by atoms with van der Waals surface area (Å²) < 4.78 is 10.3. The van der Waals surface area contributed by atoms with Gasteiger partial charge in [0.15, 0.2) is 0 Å². The summed E-state index contributed by atoms with van der Waals surface area (Å²) in [6.07, 6.45) is -0.390. The molecule has 126 valence electrons. The number of carboxylic acids is 1. The van der Waals surface area contributed by atoms with Crippen molar-refractivity contribution in [3.05, 3.63) is 35.9 Å². The number of benzene rings is 1. The fourth-order valence-electron chi connectivity index (χ4n) is 2.30. The number of nitrogens with one attached hydrogen (secondary N) is 1. The highest BCUT2D eigenvalue weighted by Crippen LogP contribution is 2.03. The van der Waals surface area contributed by atoms with Crippen LogP contribution in [0.25, 0.3) is 0 Å². The summed E-state index contributed by atoms with van der Waals surface area (Å²) in [6, 6.07) is 8.27. The number of hydrogen-bond acceptors (Lipinski definition) is 5. The predicted octanol–water partition coefficient (Wildman–Crippen LogP) is 1.09. The van der Waals surface area contributed by atoms with Crippen LogP contribution in [0.4, 0.5) is 4.79 Å². The molecule has 1 saturated heterocycles. The Morgan fingerprint density at radius 2 is 1.96 bits per heavy atom. The first-order valence-corrected chi connectivity index (χ1v) is 7.65. The van der Waals surface area contributed by atoms with Gasteiger partial charge in [-0.15, -0.1) is 0 Å². The lowest BCUT2D eigenvalue weighted by atomic mass is 10.2. The van der Waals surface area contributed by atoms with Gasteiger partial charge in [0.25, 0.3) is 0 Å². The lowest BCUT2D eigenvalue weighted by molar-refractivity contribution is -0.139. The number of ether oxygens (including phenoxy) is 2. The van der Waals surface area contributed by atoms with Gasteiger partial charge in [0.1, 0.15) is 12.6 Å². The maximum atomic E-state index is 11.8. The van der Waals surface area contributed by atoms with Gasteiger partial charge in [-0.3, -0.25) is 4.90 Å². The van der Waals surface area contributed by atoms with Crippen molar-refractivity contribution in [3.63, 3.8) is 0 Å². The van der Waals surface area contributed by atoms with Crippen LogP contribution in [0.1, 0.15) is 12.0 Å². The second kappa shape index (κ2) is 9.12. The maximum absolute atomic E-state index is 11.8. The molecule has 0 aliphatic carbocycles. The number of morpholine rings is 1. The molecule has 7 heteroatoms. The van der Waals surface area contributed by atoms with Crippen molar-refractivity contribution >= 4 is 12.1 Å². The molecule has 7 nitrogen and oxygen atoms in total. The van der Waals surface area contributed by atoms with E-state index >= 15 is 0 Å². The second-order valence-electron chi connectivity index (χ2n) is 5.34. The molecule has 1 atom stereocenters. The molecule has 1 heterocycles. The zero-order valence-electron chi connectivity index (χ0n) is 12.9. The number of carbonyl (C=O) groups is 2. The lowest BCUT2D eigenvalue weighted by Gasteiger charge is -2.27. The van der Waals surface area contributed by atoms with Crippen LogP contribution in [-0.2, 0) is 20.9 Å². The number of carboxylic acid groups (broad SMARTS) is 1. The van der Waals surface area contributed by atoms with Crippen LogP contribution in [-0.4, -0.2) is 61.0 Å². The van der Waals surface area contributed by atoms with E-state index in [9.17, 15) is 14.7 Å². The van der Waals surface area contributed by atoms with Crippen LogP contribution in [0, 0.1) is 0 Å². The highest BCUT2D eigenvalue weighted by Gasteiger charge is 2.22. The van der Waals surface area contributed by atoms with Crippen LogP contribution in [0.15, 0.2) is 30.3 Å². The van der Waals surface area contributed by atoms with Crippen molar-refractivity contribution in [1.82, 2.24) is 10.2 Å². The highest BCUT2D eigenvalue weighted by molar-refractivity contribution is 5.79. The van der Waals surface area contributed by atoms with Crippen molar-refractivity contribution in [2.75, 3.05) is 32.8 Å². The van der Waals surface area contributed by atoms with Gasteiger partial charge in [0, 0.05) is 19.6 Å². The lowest BCUT2D eigenvalue weighted by Crippen LogP contribution is -2.45. The Labute approximate surface area is 135 Å². The molecular weight excluding hydrogens is 300 g/mol. The van der Waals surface area contributed by atoms with Gasteiger partial charge in [-0.05, 0) is 12.0 Å². The van der Waals surface area contributed by atoms with Crippen LogP contribution in [0.3, 0.4) is 0 Å². The molecule has 1 fully saturated rings. The van der Waals surface area contributed by atoms with Gasteiger partial charge in [-0.1, -0.05) is 30.3 Å². The van der Waals surface area contributed by atoms with Gasteiger partial charge in [-0.2, -0.15) is 0 Å². The van der Waals surface area contributed by atoms with Crippen LogP contribution in [0.5, 0.6) is 0 Å². The molecule has 0 aromatic heterocycles. The number of aliphatic carboxylic acids is 1. The third-order valence-corrected chi connectivity index (χ3v) is 3.64. The van der Waals surface area contributed by atoms with Crippen molar-refractivity contribution in [3.8, 4) is 0 Å². The monoisotopic (exact) mass is 322 g/mol. The van der Waals surface area contributed by atoms with Gasteiger partial charge in [0.05, 0.1) is 13.2 Å². The van der Waals surface area contributed by atoms with Crippen molar-refractivity contribution in [2.24, 2.45) is 0 Å². The molecule has 1 aromatic carbocycles. The van der Waals surface area contributed by atoms with E-state index < -0.39 is 18.1 Å². The van der Waals surface area contributed by atoms with E-state index in [1.165, 1.54) is 0 Å². The molecule has 1 amide bonds. The molecule has 2 rings (SSSR count). The van der Waals surface area contributed by atoms with Crippen LogP contribution >= 0.6 is 0 Å². The van der Waals surface area contributed by atoms with Crippen LogP contribution < -0.4 is 5.32 Å². The molecule has 1 unspecified atom stereocenters. The molecule has 1 aromatic rings. The molecule has 0 bridgehead atoms. The molecule has 0 radical (unpaired) electrons. The summed E-state index contributed by atoms with van der Waals surface area (Å²) in [5.74, 6) is -1.06. The largest absolute Gasteiger partial charge is 0.480 e. The molecule has 1 aliphatic heterocycles. The first-order chi connectivity index (χ1) is 11.1. The minimum absolute atomic E-state index is 0.114. The number of hydrogen-bond donors (Lipinski definition) is 2. The molecule has 2 N–H and O–H groups in total. The Balaban J connectivity index is 1.74. The average molecular weight is 322 g/mol. The first-order valence-electron chi connectivity index (χ1n) is 7.65. The fourth-order valence-corrected chi connectivity index (χ4v) is 2.30. The van der Waals surface area contributed by atoms with E-state index in [4.69, 9.17) is 9.47 Å². The quantitative estimate of drug-likeness (QED) is 0.781. The Morgan fingerprint density at radius 1 is 1.26 bits per heavy atom. The summed E-state index contributed by atoms with van der Waals surface area (Å²) in [7, 11) is 0. The normalized spacial score (nSPS) is 16.5. The predicted molar refractivity (Wildman–Crippen MR) is 83.1 cm³/mol. The van der Waals surface area contributed by atoms with E-state index in [0.717, 1.165) is 18.7 Å². The number of rotatable bonds is 7. The summed E-state index contributed by atoms with van der Waals surface area (Å²) in [5, 5.41) is 11.6. The molecule has 1 aliphatic rings. The Morgan fingerprint density at radius 3 is 2.61 bits per heavy atom. The second-order valence-corrected chi connectivity index (χ2v) is 5.34. The summed E-state index contributed by atoms with van der Waals surface area (Å²) >= 11 is 0. The maximum Gasteiger partial charge on any atom is 0.408 e. The molecule has 23 heavy (non-hydrogen) atoms. The van der Waals surface area contributed by atoms with Crippen molar-refractivity contribution < 1.29 is 24.2 Å². The number of alkyl carbamates (subject to hydrolysis) is 1. The summed E-state index contributed by atoms with van der Waals surface area (Å²) in [5.41, 5.74) is 0.850. The van der Waals surface area contributed by atoms with Gasteiger partial charge >= 0.3 is 12.1 Å². The fraction of sp³-hybridized carbons (Fsp3) is 0.500. The van der Waals surface area contributed by atoms with E-state index in [0.29, 0.717) is 26.2 Å². The number of nitrogens with zero attached hydrogens (tertiary/aromatic N) is 1. The highest BCUT2D eigenvalue weighted by atomic mass is 16.5.